The van der Waals surface area contributed by atoms with E-state index in [0.29, 0.717) is 22.9 Å². The number of amides is 1. The Morgan fingerprint density at radius 2 is 2.16 bits per heavy atom. The van der Waals surface area contributed by atoms with Crippen molar-refractivity contribution in [3.05, 3.63) is 58.9 Å². The molecule has 0 spiro atoms. The predicted molar refractivity (Wildman–Crippen MR) is 97.1 cm³/mol. The Kier molecular flexibility index (Phi) is 4.09. The molecule has 25 heavy (non-hydrogen) atoms. The fourth-order valence-electron chi connectivity index (χ4n) is 3.43. The summed E-state index contributed by atoms with van der Waals surface area (Å²) in [4.78, 5) is 23.0. The van der Waals surface area contributed by atoms with Gasteiger partial charge < -0.3 is 14.6 Å². The summed E-state index contributed by atoms with van der Waals surface area (Å²) < 4.78 is 5.34. The number of fused-ring (bicyclic) bond motifs is 1. The summed E-state index contributed by atoms with van der Waals surface area (Å²) in [7, 11) is 1.56. The van der Waals surface area contributed by atoms with Gasteiger partial charge in [-0.3, -0.25) is 4.79 Å². The second kappa shape index (κ2) is 6.41. The van der Waals surface area contributed by atoms with E-state index in [-0.39, 0.29) is 11.9 Å². The van der Waals surface area contributed by atoms with Gasteiger partial charge in [0.25, 0.3) is 5.91 Å². The van der Waals surface area contributed by atoms with E-state index in [0.717, 1.165) is 29.7 Å². The van der Waals surface area contributed by atoms with Gasteiger partial charge in [0.15, 0.2) is 0 Å². The van der Waals surface area contributed by atoms with E-state index in [1.807, 2.05) is 29.2 Å². The number of H-pyrrole nitrogens is 1. The second-order valence-electron chi connectivity index (χ2n) is 6.14. The van der Waals surface area contributed by atoms with Crippen LogP contribution < -0.4 is 4.74 Å². The van der Waals surface area contributed by atoms with Crippen LogP contribution in [0.5, 0.6) is 5.75 Å². The summed E-state index contributed by atoms with van der Waals surface area (Å²) in [6, 6.07) is 12.9. The molecule has 1 aliphatic rings. The lowest BCUT2D eigenvalue weighted by Gasteiger charge is -2.24. The number of hydrogen-bond acceptors (Lipinski definition) is 3. The molecule has 0 radical (unpaired) electrons. The van der Waals surface area contributed by atoms with E-state index in [2.05, 4.69) is 9.97 Å². The molecule has 3 aromatic rings. The van der Waals surface area contributed by atoms with Crippen molar-refractivity contribution in [1.29, 1.82) is 0 Å². The van der Waals surface area contributed by atoms with E-state index in [4.69, 9.17) is 16.3 Å². The van der Waals surface area contributed by atoms with E-state index in [9.17, 15) is 4.79 Å². The molecular weight excluding hydrogens is 338 g/mol. The number of hydrogen-bond donors (Lipinski definition) is 1. The summed E-state index contributed by atoms with van der Waals surface area (Å²) >= 11 is 6.09. The van der Waals surface area contributed by atoms with Gasteiger partial charge in [0.2, 0.25) is 0 Å². The first kappa shape index (κ1) is 16.0. The molecule has 128 valence electrons. The zero-order chi connectivity index (χ0) is 17.4. The van der Waals surface area contributed by atoms with Gasteiger partial charge in [-0.15, -0.1) is 0 Å². The minimum Gasteiger partial charge on any atom is -0.496 e. The summed E-state index contributed by atoms with van der Waals surface area (Å²) in [6.45, 7) is 0.691. The van der Waals surface area contributed by atoms with Crippen molar-refractivity contribution in [2.24, 2.45) is 0 Å². The molecule has 2 aromatic carbocycles. The molecule has 4 rings (SSSR count). The third kappa shape index (κ3) is 2.85. The van der Waals surface area contributed by atoms with Crippen LogP contribution in [-0.2, 0) is 0 Å². The molecule has 0 bridgehead atoms. The third-order valence-corrected chi connectivity index (χ3v) is 4.86. The van der Waals surface area contributed by atoms with Gasteiger partial charge in [0.05, 0.1) is 29.7 Å². The smallest absolute Gasteiger partial charge is 0.258 e. The maximum Gasteiger partial charge on any atom is 0.258 e. The number of carbonyl (C=O) groups is 1. The lowest BCUT2D eigenvalue weighted by atomic mass is 10.1. The SMILES string of the molecule is COc1ccc(Cl)cc1C(=O)N1CCCC1c1nc2ccccc2[nH]1. The molecule has 1 saturated heterocycles. The molecule has 1 atom stereocenters. The molecule has 1 unspecified atom stereocenters. The molecule has 1 fully saturated rings. The largest absolute Gasteiger partial charge is 0.496 e. The number of imidazole rings is 1. The maximum atomic E-state index is 13.1. The van der Waals surface area contributed by atoms with Gasteiger partial charge in [-0.1, -0.05) is 23.7 Å². The predicted octanol–water partition coefficient (Wildman–Crippen LogP) is 4.20. The van der Waals surface area contributed by atoms with Gasteiger partial charge in [-0.25, -0.2) is 4.98 Å². The number of aromatic amines is 1. The quantitative estimate of drug-likeness (QED) is 0.766. The third-order valence-electron chi connectivity index (χ3n) is 4.63. The Hall–Kier alpha value is -2.53. The van der Waals surface area contributed by atoms with Crippen LogP contribution in [0.1, 0.15) is 35.1 Å². The number of ether oxygens (including phenoxy) is 1. The first-order valence-corrected chi connectivity index (χ1v) is 8.64. The fourth-order valence-corrected chi connectivity index (χ4v) is 3.60. The van der Waals surface area contributed by atoms with Gasteiger partial charge in [-0.05, 0) is 43.2 Å². The molecule has 1 aromatic heterocycles. The van der Waals surface area contributed by atoms with Crippen molar-refractivity contribution < 1.29 is 9.53 Å². The molecular formula is C19H18ClN3O2. The number of nitrogens with one attached hydrogen (secondary N) is 1. The van der Waals surface area contributed by atoms with E-state index >= 15 is 0 Å². The van der Waals surface area contributed by atoms with Gasteiger partial charge in [0, 0.05) is 11.6 Å². The highest BCUT2D eigenvalue weighted by atomic mass is 35.5. The normalized spacial score (nSPS) is 17.2. The number of aromatic nitrogens is 2. The van der Waals surface area contributed by atoms with Crippen molar-refractivity contribution in [2.45, 2.75) is 18.9 Å². The Labute approximate surface area is 150 Å². The highest BCUT2D eigenvalue weighted by molar-refractivity contribution is 6.31. The minimum absolute atomic E-state index is 0.0661. The first-order valence-electron chi connectivity index (χ1n) is 8.26. The van der Waals surface area contributed by atoms with Crippen LogP contribution in [0.15, 0.2) is 42.5 Å². The average Bonchev–Trinajstić information content (AvgIpc) is 3.27. The van der Waals surface area contributed by atoms with Crippen LogP contribution in [-0.4, -0.2) is 34.4 Å². The molecule has 1 aliphatic heterocycles. The number of benzene rings is 2. The zero-order valence-electron chi connectivity index (χ0n) is 13.8. The molecule has 0 aliphatic carbocycles. The summed E-state index contributed by atoms with van der Waals surface area (Å²) in [6.07, 6.45) is 1.82. The van der Waals surface area contributed by atoms with Crippen molar-refractivity contribution in [3.8, 4) is 5.75 Å². The number of methoxy groups -OCH3 is 1. The topological polar surface area (TPSA) is 58.2 Å². The number of rotatable bonds is 3. The van der Waals surface area contributed by atoms with Crippen LogP contribution in [0, 0.1) is 0 Å². The monoisotopic (exact) mass is 355 g/mol. The fraction of sp³-hybridized carbons (Fsp3) is 0.263. The van der Waals surface area contributed by atoms with E-state index in [1.54, 1.807) is 25.3 Å². The molecule has 0 saturated carbocycles. The highest BCUT2D eigenvalue weighted by Crippen LogP contribution is 2.34. The van der Waals surface area contributed by atoms with Crippen LogP contribution >= 0.6 is 11.6 Å². The number of halogens is 1. The Morgan fingerprint density at radius 1 is 1.32 bits per heavy atom. The van der Waals surface area contributed by atoms with Crippen LogP contribution in [0.4, 0.5) is 0 Å². The number of carbonyl (C=O) groups excluding carboxylic acids is 1. The van der Waals surface area contributed by atoms with Crippen LogP contribution in [0.25, 0.3) is 11.0 Å². The van der Waals surface area contributed by atoms with Crippen LogP contribution in [0.3, 0.4) is 0 Å². The first-order chi connectivity index (χ1) is 12.2. The van der Waals surface area contributed by atoms with Crippen molar-refractivity contribution in [2.75, 3.05) is 13.7 Å². The molecule has 1 amide bonds. The Balaban J connectivity index is 1.69. The highest BCUT2D eigenvalue weighted by Gasteiger charge is 2.33. The number of para-hydroxylation sites is 2. The summed E-state index contributed by atoms with van der Waals surface area (Å²) in [5.74, 6) is 1.28. The van der Waals surface area contributed by atoms with Crippen molar-refractivity contribution >= 4 is 28.5 Å². The lowest BCUT2D eigenvalue weighted by Crippen LogP contribution is -2.31. The Morgan fingerprint density at radius 3 is 2.96 bits per heavy atom. The van der Waals surface area contributed by atoms with Gasteiger partial charge >= 0.3 is 0 Å². The van der Waals surface area contributed by atoms with Gasteiger partial charge in [0.1, 0.15) is 11.6 Å². The zero-order valence-corrected chi connectivity index (χ0v) is 14.6. The van der Waals surface area contributed by atoms with Gasteiger partial charge in [-0.2, -0.15) is 0 Å². The standard InChI is InChI=1S/C19H18ClN3O2/c1-25-17-9-8-12(20)11-13(17)19(24)23-10-4-7-16(23)18-21-14-5-2-3-6-15(14)22-18/h2-3,5-6,8-9,11,16H,4,7,10H2,1H3,(H,21,22). The minimum atomic E-state index is -0.0812. The number of nitrogens with zero attached hydrogens (tertiary/aromatic N) is 2. The lowest BCUT2D eigenvalue weighted by molar-refractivity contribution is 0.0727. The second-order valence-corrected chi connectivity index (χ2v) is 6.58. The average molecular weight is 356 g/mol. The van der Waals surface area contributed by atoms with Crippen molar-refractivity contribution in [1.82, 2.24) is 14.9 Å². The summed E-state index contributed by atoms with van der Waals surface area (Å²) in [5.41, 5.74) is 2.38. The maximum absolute atomic E-state index is 13.1. The van der Waals surface area contributed by atoms with E-state index < -0.39 is 0 Å². The molecule has 6 heteroatoms. The Bertz CT molecular complexity index is 904. The summed E-state index contributed by atoms with van der Waals surface area (Å²) in [5, 5.41) is 0.517. The molecule has 1 N–H and O–H groups in total. The van der Waals surface area contributed by atoms with E-state index in [1.165, 1.54) is 0 Å². The van der Waals surface area contributed by atoms with Crippen molar-refractivity contribution in [3.63, 3.8) is 0 Å². The number of likely N-dealkylation sites (tertiary alicyclic amines) is 1. The molecule has 2 heterocycles. The molecule has 5 nitrogen and oxygen atoms in total. The van der Waals surface area contributed by atoms with Crippen LogP contribution in [0.2, 0.25) is 5.02 Å².